The first kappa shape index (κ1) is 15.9. The minimum atomic E-state index is -0.218. The summed E-state index contributed by atoms with van der Waals surface area (Å²) in [6, 6.07) is 0. The lowest BCUT2D eigenvalue weighted by Crippen LogP contribution is -2.67. The van der Waals surface area contributed by atoms with Gasteiger partial charge in [0.2, 0.25) is 5.91 Å². The number of likely N-dealkylation sites (tertiary alicyclic amines) is 1. The van der Waals surface area contributed by atoms with Crippen LogP contribution in [0.5, 0.6) is 0 Å². The zero-order valence-corrected chi connectivity index (χ0v) is 13.9. The van der Waals surface area contributed by atoms with Crippen molar-refractivity contribution in [3.05, 3.63) is 16.1 Å². The number of hydrogen-bond acceptors (Lipinski definition) is 6. The molecule has 3 rings (SSSR count). The molecular weight excluding hydrogens is 304 g/mol. The molecule has 0 aliphatic carbocycles. The summed E-state index contributed by atoms with van der Waals surface area (Å²) in [5.74, 6) is 0.0257. The molecule has 1 spiro atoms. The zero-order valence-electron chi connectivity index (χ0n) is 13.0. The van der Waals surface area contributed by atoms with Crippen LogP contribution in [0.4, 0.5) is 0 Å². The molecule has 2 aliphatic heterocycles. The largest absolute Gasteiger partial charge is 0.375 e. The first-order valence-corrected chi connectivity index (χ1v) is 8.41. The predicted molar refractivity (Wildman–Crippen MR) is 81.8 cm³/mol. The predicted octanol–water partition coefficient (Wildman–Crippen LogP) is 1.37. The zero-order chi connectivity index (χ0) is 15.6. The van der Waals surface area contributed by atoms with Gasteiger partial charge in [0.15, 0.2) is 0 Å². The topological polar surface area (TPSA) is 60.9 Å². The minimum absolute atomic E-state index is 0.0257. The van der Waals surface area contributed by atoms with E-state index in [9.17, 15) is 4.79 Å². The Labute approximate surface area is 134 Å². The molecule has 7 heteroatoms. The standard InChI is InChI=1S/C15H22N2O4S/c1-11-16-12(8-22-11)6-20-13-3-4-21-15(5-13)9-17(10-15)14(18)7-19-2/h8,13H,3-7,9-10H2,1-2H3. The molecular formula is C15H22N2O4S. The van der Waals surface area contributed by atoms with E-state index in [0.29, 0.717) is 26.3 Å². The van der Waals surface area contributed by atoms with E-state index in [1.54, 1.807) is 16.2 Å². The molecule has 0 aromatic carbocycles. The molecule has 1 atom stereocenters. The maximum atomic E-state index is 11.8. The minimum Gasteiger partial charge on any atom is -0.375 e. The number of nitrogens with zero attached hydrogens (tertiary/aromatic N) is 2. The Morgan fingerprint density at radius 1 is 1.59 bits per heavy atom. The Hall–Kier alpha value is -1.02. The van der Waals surface area contributed by atoms with Gasteiger partial charge in [-0.1, -0.05) is 0 Å². The fourth-order valence-electron chi connectivity index (χ4n) is 3.06. The van der Waals surface area contributed by atoms with Crippen LogP contribution >= 0.6 is 11.3 Å². The Morgan fingerprint density at radius 2 is 2.41 bits per heavy atom. The Bertz CT molecular complexity index is 527. The molecule has 1 aromatic rings. The van der Waals surface area contributed by atoms with Crippen LogP contribution in [0.25, 0.3) is 0 Å². The summed E-state index contributed by atoms with van der Waals surface area (Å²) in [4.78, 5) is 18.0. The Balaban J connectivity index is 1.47. The smallest absolute Gasteiger partial charge is 0.248 e. The fraction of sp³-hybridized carbons (Fsp3) is 0.733. The molecule has 2 saturated heterocycles. The molecule has 1 amide bonds. The second-order valence-corrected chi connectivity index (χ2v) is 7.06. The number of carbonyl (C=O) groups excluding carboxylic acids is 1. The van der Waals surface area contributed by atoms with Gasteiger partial charge < -0.3 is 19.1 Å². The highest BCUT2D eigenvalue weighted by atomic mass is 32.1. The normalized spacial score (nSPS) is 23.5. The second kappa shape index (κ2) is 6.62. The average molecular weight is 326 g/mol. The molecule has 1 unspecified atom stereocenters. The maximum Gasteiger partial charge on any atom is 0.248 e. The number of amides is 1. The van der Waals surface area contributed by atoms with Gasteiger partial charge >= 0.3 is 0 Å². The van der Waals surface area contributed by atoms with Gasteiger partial charge in [0.1, 0.15) is 12.2 Å². The SMILES string of the molecule is COCC(=O)N1CC2(CC(OCc3csc(C)n3)CCO2)C1. The van der Waals surface area contributed by atoms with Crippen molar-refractivity contribution in [1.29, 1.82) is 0 Å². The molecule has 0 N–H and O–H groups in total. The van der Waals surface area contributed by atoms with Gasteiger partial charge in [-0.3, -0.25) is 4.79 Å². The lowest BCUT2D eigenvalue weighted by molar-refractivity contribution is -0.204. The lowest BCUT2D eigenvalue weighted by Gasteiger charge is -2.52. The first-order chi connectivity index (χ1) is 10.6. The Kier molecular flexibility index (Phi) is 4.77. The summed E-state index contributed by atoms with van der Waals surface area (Å²) in [5, 5.41) is 3.10. The third-order valence-electron chi connectivity index (χ3n) is 4.16. The van der Waals surface area contributed by atoms with E-state index in [2.05, 4.69) is 4.98 Å². The molecule has 6 nitrogen and oxygen atoms in total. The summed E-state index contributed by atoms with van der Waals surface area (Å²) >= 11 is 1.64. The van der Waals surface area contributed by atoms with Crippen LogP contribution in [0.1, 0.15) is 23.5 Å². The quantitative estimate of drug-likeness (QED) is 0.818. The van der Waals surface area contributed by atoms with Gasteiger partial charge in [-0.15, -0.1) is 11.3 Å². The van der Waals surface area contributed by atoms with Gasteiger partial charge in [0, 0.05) is 25.5 Å². The third-order valence-corrected chi connectivity index (χ3v) is 4.98. The van der Waals surface area contributed by atoms with Gasteiger partial charge in [-0.05, 0) is 13.3 Å². The van der Waals surface area contributed by atoms with E-state index >= 15 is 0 Å². The van der Waals surface area contributed by atoms with E-state index in [0.717, 1.165) is 23.5 Å². The summed E-state index contributed by atoms with van der Waals surface area (Å²) in [7, 11) is 1.54. The molecule has 0 radical (unpaired) electrons. The van der Waals surface area contributed by atoms with Gasteiger partial charge in [0.25, 0.3) is 0 Å². The summed E-state index contributed by atoms with van der Waals surface area (Å²) < 4.78 is 16.8. The van der Waals surface area contributed by atoms with Crippen LogP contribution in [-0.2, 0) is 25.6 Å². The Morgan fingerprint density at radius 3 is 3.09 bits per heavy atom. The van der Waals surface area contributed by atoms with Crippen LogP contribution in [0, 0.1) is 6.92 Å². The van der Waals surface area contributed by atoms with Crippen LogP contribution in [0.3, 0.4) is 0 Å². The molecule has 122 valence electrons. The van der Waals surface area contributed by atoms with Crippen molar-refractivity contribution in [3.8, 4) is 0 Å². The van der Waals surface area contributed by atoms with Gasteiger partial charge in [-0.25, -0.2) is 4.98 Å². The average Bonchev–Trinajstić information content (AvgIpc) is 2.89. The van der Waals surface area contributed by atoms with Gasteiger partial charge in [-0.2, -0.15) is 0 Å². The van der Waals surface area contributed by atoms with E-state index in [-0.39, 0.29) is 24.2 Å². The molecule has 0 bridgehead atoms. The highest BCUT2D eigenvalue weighted by Gasteiger charge is 2.49. The number of hydrogen-bond donors (Lipinski definition) is 0. The molecule has 22 heavy (non-hydrogen) atoms. The number of carbonyl (C=O) groups is 1. The van der Waals surface area contributed by atoms with Crippen molar-refractivity contribution >= 4 is 17.2 Å². The van der Waals surface area contributed by atoms with Gasteiger partial charge in [0.05, 0.1) is 36.5 Å². The highest BCUT2D eigenvalue weighted by Crippen LogP contribution is 2.35. The highest BCUT2D eigenvalue weighted by molar-refractivity contribution is 7.09. The van der Waals surface area contributed by atoms with Crippen molar-refractivity contribution in [2.24, 2.45) is 0 Å². The van der Waals surface area contributed by atoms with E-state index in [4.69, 9.17) is 14.2 Å². The molecule has 1 aromatic heterocycles. The van der Waals surface area contributed by atoms with Crippen molar-refractivity contribution in [2.75, 3.05) is 33.4 Å². The maximum absolute atomic E-state index is 11.8. The molecule has 2 fully saturated rings. The third kappa shape index (κ3) is 3.48. The number of methoxy groups -OCH3 is 1. The first-order valence-electron chi connectivity index (χ1n) is 7.53. The monoisotopic (exact) mass is 326 g/mol. The van der Waals surface area contributed by atoms with Crippen molar-refractivity contribution < 1.29 is 19.0 Å². The van der Waals surface area contributed by atoms with E-state index in [1.165, 1.54) is 7.11 Å². The number of aryl methyl sites for hydroxylation is 1. The van der Waals surface area contributed by atoms with Crippen LogP contribution in [0.2, 0.25) is 0 Å². The molecule has 0 saturated carbocycles. The molecule has 3 heterocycles. The number of thiazole rings is 1. The number of aromatic nitrogens is 1. The second-order valence-electron chi connectivity index (χ2n) is 6.00. The lowest BCUT2D eigenvalue weighted by atomic mass is 9.84. The van der Waals surface area contributed by atoms with Crippen LogP contribution in [0.15, 0.2) is 5.38 Å². The van der Waals surface area contributed by atoms with E-state index < -0.39 is 0 Å². The number of ether oxygens (including phenoxy) is 3. The van der Waals surface area contributed by atoms with Crippen LogP contribution in [-0.4, -0.2) is 60.9 Å². The fourth-order valence-corrected chi connectivity index (χ4v) is 3.66. The van der Waals surface area contributed by atoms with Crippen molar-refractivity contribution in [2.45, 2.75) is 38.1 Å². The summed E-state index contributed by atoms with van der Waals surface area (Å²) in [5.41, 5.74) is 0.776. The summed E-state index contributed by atoms with van der Waals surface area (Å²) in [6.07, 6.45) is 1.92. The van der Waals surface area contributed by atoms with E-state index in [1.807, 2.05) is 12.3 Å². The van der Waals surface area contributed by atoms with Crippen molar-refractivity contribution in [1.82, 2.24) is 9.88 Å². The number of rotatable bonds is 5. The summed E-state index contributed by atoms with van der Waals surface area (Å²) in [6.45, 7) is 4.66. The van der Waals surface area contributed by atoms with Crippen LogP contribution < -0.4 is 0 Å². The van der Waals surface area contributed by atoms with Crippen molar-refractivity contribution in [3.63, 3.8) is 0 Å². The molecule has 2 aliphatic rings.